The molecular weight excluding hydrogens is 294 g/mol. The quantitative estimate of drug-likeness (QED) is 0.837. The normalized spacial score (nSPS) is 10.8. The van der Waals surface area contributed by atoms with Crippen molar-refractivity contribution in [3.8, 4) is 0 Å². The number of nitrogens with zero attached hydrogens (tertiary/aromatic N) is 3. The predicted octanol–water partition coefficient (Wildman–Crippen LogP) is 0.540. The standard InChI is InChI=1S/C12H15N5O3S/c1-7(2)10-15-16-11(21-10)13-8(18)3-5-17-6-4-9(19)14-12(17)20/h4,6-7H,3,5H2,1-2H3,(H,13,16,18)(H,14,19,20). The van der Waals surface area contributed by atoms with Crippen molar-refractivity contribution in [3.63, 3.8) is 0 Å². The minimum Gasteiger partial charge on any atom is -0.300 e. The topological polar surface area (TPSA) is 110 Å². The van der Waals surface area contributed by atoms with Crippen molar-refractivity contribution in [1.82, 2.24) is 19.7 Å². The molecule has 0 aromatic carbocycles. The number of carbonyl (C=O) groups is 1. The van der Waals surface area contributed by atoms with Gasteiger partial charge in [-0.3, -0.25) is 14.6 Å². The molecule has 21 heavy (non-hydrogen) atoms. The third kappa shape index (κ3) is 4.09. The van der Waals surface area contributed by atoms with Crippen molar-refractivity contribution in [3.05, 3.63) is 38.1 Å². The number of H-pyrrole nitrogens is 1. The van der Waals surface area contributed by atoms with Crippen LogP contribution in [0.4, 0.5) is 5.13 Å². The van der Waals surface area contributed by atoms with Crippen molar-refractivity contribution in [2.45, 2.75) is 32.7 Å². The molecular formula is C12H15N5O3S. The lowest BCUT2D eigenvalue weighted by Crippen LogP contribution is -2.29. The summed E-state index contributed by atoms with van der Waals surface area (Å²) in [5.74, 6) is -0.00701. The van der Waals surface area contributed by atoms with E-state index < -0.39 is 11.2 Å². The Morgan fingerprint density at radius 2 is 2.19 bits per heavy atom. The van der Waals surface area contributed by atoms with E-state index in [-0.39, 0.29) is 24.8 Å². The second-order valence-electron chi connectivity index (χ2n) is 4.70. The van der Waals surface area contributed by atoms with Crippen molar-refractivity contribution in [1.29, 1.82) is 0 Å². The van der Waals surface area contributed by atoms with E-state index in [1.807, 2.05) is 13.8 Å². The number of aromatic amines is 1. The fourth-order valence-corrected chi connectivity index (χ4v) is 2.30. The molecule has 2 aromatic heterocycles. The Morgan fingerprint density at radius 1 is 1.43 bits per heavy atom. The number of hydrogen-bond acceptors (Lipinski definition) is 6. The minimum atomic E-state index is -0.534. The highest BCUT2D eigenvalue weighted by Gasteiger charge is 2.10. The summed E-state index contributed by atoms with van der Waals surface area (Å²) in [7, 11) is 0. The Bertz CT molecular complexity index is 746. The van der Waals surface area contributed by atoms with Crippen LogP contribution in [0, 0.1) is 0 Å². The summed E-state index contributed by atoms with van der Waals surface area (Å²) < 4.78 is 1.26. The van der Waals surface area contributed by atoms with E-state index >= 15 is 0 Å². The minimum absolute atomic E-state index is 0.0997. The van der Waals surface area contributed by atoms with Crippen molar-refractivity contribution >= 4 is 22.4 Å². The third-order valence-electron chi connectivity index (χ3n) is 2.66. The summed E-state index contributed by atoms with van der Waals surface area (Å²) in [4.78, 5) is 36.3. The van der Waals surface area contributed by atoms with Crippen molar-refractivity contribution < 1.29 is 4.79 Å². The maximum absolute atomic E-state index is 11.8. The molecule has 1 amide bonds. The van der Waals surface area contributed by atoms with Crippen LogP contribution in [-0.2, 0) is 11.3 Å². The van der Waals surface area contributed by atoms with Gasteiger partial charge in [0.2, 0.25) is 11.0 Å². The SMILES string of the molecule is CC(C)c1nnc(NC(=O)CCn2ccc(=O)[nH]c2=O)s1. The number of nitrogens with one attached hydrogen (secondary N) is 2. The molecule has 2 aromatic rings. The van der Waals surface area contributed by atoms with Crippen LogP contribution in [0.25, 0.3) is 0 Å². The van der Waals surface area contributed by atoms with Gasteiger partial charge in [-0.15, -0.1) is 10.2 Å². The second-order valence-corrected chi connectivity index (χ2v) is 5.71. The van der Waals surface area contributed by atoms with Gasteiger partial charge in [0.1, 0.15) is 5.01 Å². The third-order valence-corrected chi connectivity index (χ3v) is 3.80. The average Bonchev–Trinajstić information content (AvgIpc) is 2.86. The molecule has 0 saturated heterocycles. The Kier molecular flexibility index (Phi) is 4.63. The molecule has 0 aliphatic heterocycles. The molecule has 0 atom stereocenters. The molecule has 2 heterocycles. The number of rotatable bonds is 5. The molecule has 0 fully saturated rings. The molecule has 0 unspecified atom stereocenters. The molecule has 0 radical (unpaired) electrons. The predicted molar refractivity (Wildman–Crippen MR) is 78.6 cm³/mol. The number of carbonyl (C=O) groups excluding carboxylic acids is 1. The highest BCUT2D eigenvalue weighted by molar-refractivity contribution is 7.15. The van der Waals surface area contributed by atoms with E-state index in [2.05, 4.69) is 20.5 Å². The van der Waals surface area contributed by atoms with Crippen LogP contribution < -0.4 is 16.6 Å². The highest BCUT2D eigenvalue weighted by Crippen LogP contribution is 2.22. The fraction of sp³-hybridized carbons (Fsp3) is 0.417. The first kappa shape index (κ1) is 15.1. The molecule has 112 valence electrons. The van der Waals surface area contributed by atoms with E-state index in [0.717, 1.165) is 5.01 Å². The van der Waals surface area contributed by atoms with Gasteiger partial charge >= 0.3 is 5.69 Å². The van der Waals surface area contributed by atoms with Crippen LogP contribution >= 0.6 is 11.3 Å². The number of hydrogen-bond donors (Lipinski definition) is 2. The second kappa shape index (κ2) is 6.44. The molecule has 9 heteroatoms. The molecule has 0 aliphatic carbocycles. The molecule has 0 aliphatic rings. The van der Waals surface area contributed by atoms with Gasteiger partial charge in [0.05, 0.1) is 0 Å². The highest BCUT2D eigenvalue weighted by atomic mass is 32.1. The fourth-order valence-electron chi connectivity index (χ4n) is 1.54. The summed E-state index contributed by atoms with van der Waals surface area (Å²) in [5, 5.41) is 11.8. The number of amides is 1. The lowest BCUT2D eigenvalue weighted by Gasteiger charge is -2.04. The zero-order chi connectivity index (χ0) is 15.4. The summed E-state index contributed by atoms with van der Waals surface area (Å²) in [6.07, 6.45) is 1.46. The van der Waals surface area contributed by atoms with Gasteiger partial charge in [0, 0.05) is 31.1 Å². The molecule has 8 nitrogen and oxygen atoms in total. The zero-order valence-corrected chi connectivity index (χ0v) is 12.4. The summed E-state index contributed by atoms with van der Waals surface area (Å²) in [6, 6.07) is 1.24. The van der Waals surface area contributed by atoms with E-state index in [0.29, 0.717) is 5.13 Å². The Morgan fingerprint density at radius 3 is 2.81 bits per heavy atom. The lowest BCUT2D eigenvalue weighted by molar-refractivity contribution is -0.116. The van der Waals surface area contributed by atoms with E-state index in [9.17, 15) is 14.4 Å². The van der Waals surface area contributed by atoms with Crippen LogP contribution in [0.3, 0.4) is 0 Å². The molecule has 0 bridgehead atoms. The molecule has 0 spiro atoms. The van der Waals surface area contributed by atoms with Gasteiger partial charge in [0.25, 0.3) is 5.56 Å². The monoisotopic (exact) mass is 309 g/mol. The van der Waals surface area contributed by atoms with Crippen molar-refractivity contribution in [2.75, 3.05) is 5.32 Å². The van der Waals surface area contributed by atoms with Gasteiger partial charge in [-0.2, -0.15) is 0 Å². The maximum atomic E-state index is 11.8. The first-order chi connectivity index (χ1) is 9.95. The van der Waals surface area contributed by atoms with E-state index in [1.54, 1.807) is 0 Å². The first-order valence-electron chi connectivity index (χ1n) is 6.38. The summed E-state index contributed by atoms with van der Waals surface area (Å²) in [5.41, 5.74) is -0.996. The first-order valence-corrected chi connectivity index (χ1v) is 7.20. The number of anilines is 1. The Hall–Kier alpha value is -2.29. The number of aryl methyl sites for hydroxylation is 1. The average molecular weight is 309 g/mol. The van der Waals surface area contributed by atoms with Gasteiger partial charge in [0.15, 0.2) is 0 Å². The van der Waals surface area contributed by atoms with Crippen LogP contribution in [-0.4, -0.2) is 25.7 Å². The maximum Gasteiger partial charge on any atom is 0.328 e. The van der Waals surface area contributed by atoms with Gasteiger partial charge in [-0.25, -0.2) is 4.79 Å². The molecule has 0 saturated carbocycles. The summed E-state index contributed by atoms with van der Waals surface area (Å²) in [6.45, 7) is 4.17. The van der Waals surface area contributed by atoms with Crippen molar-refractivity contribution in [2.24, 2.45) is 0 Å². The summed E-state index contributed by atoms with van der Waals surface area (Å²) >= 11 is 1.33. The largest absolute Gasteiger partial charge is 0.328 e. The molecule has 2 rings (SSSR count). The van der Waals surface area contributed by atoms with E-state index in [1.165, 1.54) is 28.2 Å². The smallest absolute Gasteiger partial charge is 0.300 e. The van der Waals surface area contributed by atoms with Gasteiger partial charge in [-0.05, 0) is 0 Å². The van der Waals surface area contributed by atoms with Gasteiger partial charge in [-0.1, -0.05) is 25.2 Å². The van der Waals surface area contributed by atoms with Crippen LogP contribution in [0.2, 0.25) is 0 Å². The van der Waals surface area contributed by atoms with Crippen LogP contribution in [0.5, 0.6) is 0 Å². The molecule has 2 N–H and O–H groups in total. The number of aromatic nitrogens is 4. The van der Waals surface area contributed by atoms with Crippen LogP contribution in [0.1, 0.15) is 31.2 Å². The van der Waals surface area contributed by atoms with Crippen LogP contribution in [0.15, 0.2) is 21.9 Å². The lowest BCUT2D eigenvalue weighted by atomic mass is 10.2. The zero-order valence-electron chi connectivity index (χ0n) is 11.6. The Labute approximate surface area is 123 Å². The van der Waals surface area contributed by atoms with E-state index in [4.69, 9.17) is 0 Å². The van der Waals surface area contributed by atoms with Gasteiger partial charge < -0.3 is 9.88 Å². The Balaban J connectivity index is 1.92.